The van der Waals surface area contributed by atoms with Crippen molar-refractivity contribution in [2.45, 2.75) is 31.8 Å². The van der Waals surface area contributed by atoms with Crippen molar-refractivity contribution in [3.8, 4) is 5.75 Å². The van der Waals surface area contributed by atoms with Crippen LogP contribution >= 0.6 is 15.9 Å². The second-order valence-corrected chi connectivity index (χ2v) is 6.33. The molecule has 1 aliphatic carbocycles. The van der Waals surface area contributed by atoms with Gasteiger partial charge in [0.05, 0.1) is 6.61 Å². The lowest BCUT2D eigenvalue weighted by Gasteiger charge is -2.14. The highest BCUT2D eigenvalue weighted by Crippen LogP contribution is 2.25. The molecule has 4 heteroatoms. The minimum Gasteiger partial charge on any atom is -0.493 e. The zero-order chi connectivity index (χ0) is 13.7. The van der Waals surface area contributed by atoms with E-state index >= 15 is 0 Å². The summed E-state index contributed by atoms with van der Waals surface area (Å²) in [5, 5.41) is 3.54. The molecule has 0 amide bonds. The second-order valence-electron chi connectivity index (χ2n) is 5.41. The molecule has 106 valence electrons. The zero-order valence-corrected chi connectivity index (χ0v) is 13.4. The van der Waals surface area contributed by atoms with Crippen molar-refractivity contribution in [3.63, 3.8) is 0 Å². The molecule has 1 N–H and O–H groups in total. The van der Waals surface area contributed by atoms with Crippen LogP contribution in [0.2, 0.25) is 0 Å². The maximum absolute atomic E-state index is 5.91. The summed E-state index contributed by atoms with van der Waals surface area (Å²) < 4.78 is 7.02. The Labute approximate surface area is 124 Å². The van der Waals surface area contributed by atoms with Gasteiger partial charge in [-0.25, -0.2) is 0 Å². The van der Waals surface area contributed by atoms with E-state index in [1.165, 1.54) is 18.4 Å². The van der Waals surface area contributed by atoms with Crippen molar-refractivity contribution in [1.82, 2.24) is 10.2 Å². The molecule has 0 saturated heterocycles. The van der Waals surface area contributed by atoms with Crippen LogP contribution in [0.5, 0.6) is 5.75 Å². The fraction of sp³-hybridized carbons (Fsp3) is 0.600. The van der Waals surface area contributed by atoms with E-state index in [4.69, 9.17) is 4.74 Å². The predicted molar refractivity (Wildman–Crippen MR) is 82.7 cm³/mol. The Bertz CT molecular complexity index is 405. The number of nitrogens with zero attached hydrogens (tertiary/aromatic N) is 1. The van der Waals surface area contributed by atoms with Crippen molar-refractivity contribution >= 4 is 15.9 Å². The van der Waals surface area contributed by atoms with Crippen molar-refractivity contribution in [1.29, 1.82) is 0 Å². The highest BCUT2D eigenvalue weighted by Gasteiger charge is 2.20. The van der Waals surface area contributed by atoms with Crippen molar-refractivity contribution < 1.29 is 4.74 Å². The lowest BCUT2D eigenvalue weighted by atomic mass is 10.2. The van der Waals surface area contributed by atoms with Gasteiger partial charge in [0, 0.05) is 29.2 Å². The SMILES string of the molecule is CN(C)CCCOc1ccc(Br)cc1CNC1CC1. The first kappa shape index (κ1) is 14.8. The summed E-state index contributed by atoms with van der Waals surface area (Å²) in [6.07, 6.45) is 3.68. The number of nitrogens with one attached hydrogen (secondary N) is 1. The molecular weight excluding hydrogens is 304 g/mol. The molecule has 1 aliphatic rings. The third-order valence-electron chi connectivity index (χ3n) is 3.19. The molecule has 2 rings (SSSR count). The molecule has 1 saturated carbocycles. The number of ether oxygens (including phenoxy) is 1. The normalized spacial score (nSPS) is 14.9. The van der Waals surface area contributed by atoms with E-state index in [2.05, 4.69) is 52.4 Å². The molecule has 1 fully saturated rings. The van der Waals surface area contributed by atoms with Crippen molar-refractivity contribution in [3.05, 3.63) is 28.2 Å². The van der Waals surface area contributed by atoms with E-state index in [1.807, 2.05) is 6.07 Å². The quantitative estimate of drug-likeness (QED) is 0.743. The number of rotatable bonds is 8. The monoisotopic (exact) mass is 326 g/mol. The second kappa shape index (κ2) is 7.27. The molecule has 1 aromatic rings. The summed E-state index contributed by atoms with van der Waals surface area (Å²) in [5.41, 5.74) is 1.24. The van der Waals surface area contributed by atoms with Gasteiger partial charge in [-0.3, -0.25) is 0 Å². The van der Waals surface area contributed by atoms with E-state index in [0.29, 0.717) is 0 Å². The fourth-order valence-corrected chi connectivity index (χ4v) is 2.34. The van der Waals surface area contributed by atoms with Gasteiger partial charge in [0.1, 0.15) is 5.75 Å². The van der Waals surface area contributed by atoms with Crippen LogP contribution in [0.25, 0.3) is 0 Å². The maximum Gasteiger partial charge on any atom is 0.123 e. The summed E-state index contributed by atoms with van der Waals surface area (Å²) >= 11 is 3.53. The maximum atomic E-state index is 5.91. The Balaban J connectivity index is 1.85. The lowest BCUT2D eigenvalue weighted by molar-refractivity contribution is 0.279. The molecule has 0 heterocycles. The molecule has 0 spiro atoms. The molecule has 3 nitrogen and oxygen atoms in total. The summed E-state index contributed by atoms with van der Waals surface area (Å²) in [7, 11) is 4.18. The van der Waals surface area contributed by atoms with Crippen LogP contribution in [-0.2, 0) is 6.54 Å². The molecule has 0 aliphatic heterocycles. The van der Waals surface area contributed by atoms with E-state index in [1.54, 1.807) is 0 Å². The molecular formula is C15H23BrN2O. The Morgan fingerprint density at radius 1 is 1.37 bits per heavy atom. The average molecular weight is 327 g/mol. The summed E-state index contributed by atoms with van der Waals surface area (Å²) in [6, 6.07) is 6.97. The smallest absolute Gasteiger partial charge is 0.123 e. The van der Waals surface area contributed by atoms with Gasteiger partial charge in [-0.05, 0) is 51.6 Å². The van der Waals surface area contributed by atoms with E-state index in [-0.39, 0.29) is 0 Å². The number of halogens is 1. The van der Waals surface area contributed by atoms with Crippen LogP contribution < -0.4 is 10.1 Å². The van der Waals surface area contributed by atoms with E-state index < -0.39 is 0 Å². The van der Waals surface area contributed by atoms with Crippen LogP contribution in [-0.4, -0.2) is 38.2 Å². The van der Waals surface area contributed by atoms with Crippen LogP contribution in [0.1, 0.15) is 24.8 Å². The van der Waals surface area contributed by atoms with Crippen LogP contribution in [0.3, 0.4) is 0 Å². The van der Waals surface area contributed by atoms with Gasteiger partial charge in [-0.15, -0.1) is 0 Å². The Morgan fingerprint density at radius 3 is 2.84 bits per heavy atom. The van der Waals surface area contributed by atoms with Crippen LogP contribution in [0.4, 0.5) is 0 Å². The molecule has 0 aromatic heterocycles. The van der Waals surface area contributed by atoms with Gasteiger partial charge in [0.25, 0.3) is 0 Å². The third kappa shape index (κ3) is 5.51. The predicted octanol–water partition coefficient (Wildman–Crippen LogP) is 3.03. The summed E-state index contributed by atoms with van der Waals surface area (Å²) in [4.78, 5) is 2.18. The largest absolute Gasteiger partial charge is 0.493 e. The first-order valence-electron chi connectivity index (χ1n) is 6.94. The third-order valence-corrected chi connectivity index (χ3v) is 3.68. The number of benzene rings is 1. The van der Waals surface area contributed by atoms with Gasteiger partial charge in [-0.2, -0.15) is 0 Å². The topological polar surface area (TPSA) is 24.5 Å². The van der Waals surface area contributed by atoms with Crippen LogP contribution in [0.15, 0.2) is 22.7 Å². The van der Waals surface area contributed by atoms with Crippen molar-refractivity contribution in [2.75, 3.05) is 27.2 Å². The van der Waals surface area contributed by atoms with Gasteiger partial charge in [-0.1, -0.05) is 15.9 Å². The highest BCUT2D eigenvalue weighted by molar-refractivity contribution is 9.10. The molecule has 0 atom stereocenters. The van der Waals surface area contributed by atoms with Gasteiger partial charge in [0.15, 0.2) is 0 Å². The standard InChI is InChI=1S/C15H23BrN2O/c1-18(2)8-3-9-19-15-7-4-13(16)10-12(15)11-17-14-5-6-14/h4,7,10,14,17H,3,5-6,8-9,11H2,1-2H3. The molecule has 0 unspecified atom stereocenters. The minimum atomic E-state index is 0.723. The van der Waals surface area contributed by atoms with Crippen LogP contribution in [0, 0.1) is 0 Å². The summed E-state index contributed by atoms with van der Waals surface area (Å²) in [5.74, 6) is 1.01. The molecule has 0 bridgehead atoms. The Morgan fingerprint density at radius 2 is 2.16 bits per heavy atom. The highest BCUT2D eigenvalue weighted by atomic mass is 79.9. The van der Waals surface area contributed by atoms with Gasteiger partial charge >= 0.3 is 0 Å². The van der Waals surface area contributed by atoms with Gasteiger partial charge in [0.2, 0.25) is 0 Å². The fourth-order valence-electron chi connectivity index (χ4n) is 1.93. The Hall–Kier alpha value is -0.580. The molecule has 1 aromatic carbocycles. The minimum absolute atomic E-state index is 0.723. The molecule has 19 heavy (non-hydrogen) atoms. The van der Waals surface area contributed by atoms with E-state index in [9.17, 15) is 0 Å². The molecule has 0 radical (unpaired) electrons. The number of hydrogen-bond donors (Lipinski definition) is 1. The lowest BCUT2D eigenvalue weighted by Crippen LogP contribution is -2.17. The van der Waals surface area contributed by atoms with Crippen molar-refractivity contribution in [2.24, 2.45) is 0 Å². The first-order chi connectivity index (χ1) is 9.15. The summed E-state index contributed by atoms with van der Waals surface area (Å²) in [6.45, 7) is 2.73. The van der Waals surface area contributed by atoms with E-state index in [0.717, 1.165) is 42.4 Å². The Kier molecular flexibility index (Phi) is 5.67. The first-order valence-corrected chi connectivity index (χ1v) is 7.74. The number of hydrogen-bond acceptors (Lipinski definition) is 3. The average Bonchev–Trinajstić information content (AvgIpc) is 3.17. The zero-order valence-electron chi connectivity index (χ0n) is 11.8. The van der Waals surface area contributed by atoms with Gasteiger partial charge < -0.3 is 15.0 Å².